The predicted octanol–water partition coefficient (Wildman–Crippen LogP) is 9.31. The molecule has 4 fully saturated rings. The van der Waals surface area contributed by atoms with Gasteiger partial charge in [0.05, 0.1) is 76.5 Å². The van der Waals surface area contributed by atoms with Crippen LogP contribution in [0.25, 0.3) is 0 Å². The summed E-state index contributed by atoms with van der Waals surface area (Å²) in [7, 11) is -12.1. The molecule has 0 aliphatic carbocycles. The van der Waals surface area contributed by atoms with Gasteiger partial charge in [-0.05, 0) is 38.5 Å². The van der Waals surface area contributed by atoms with Crippen LogP contribution in [-0.4, -0.2) is 302 Å². The molecule has 0 saturated carbocycles. The number of nitrogens with one attached hydrogen (secondary N) is 2. The smallest absolute Gasteiger partial charge is 0.472 e. The summed E-state index contributed by atoms with van der Waals surface area (Å²) in [5.41, 5.74) is 0. The molecule has 4 heterocycles. The molecule has 0 unspecified atom stereocenters. The Bertz CT molecular complexity index is 3420. The number of phosphoric acid groups is 2. The minimum absolute atomic E-state index is 0.0593. The summed E-state index contributed by atoms with van der Waals surface area (Å²) in [5.74, 6) is -17.6. The van der Waals surface area contributed by atoms with Gasteiger partial charge in [0.1, 0.15) is 85.8 Å². The molecule has 41 nitrogen and oxygen atoms in total. The number of unbranched alkanes of at least 4 members (excludes halogenated alkanes) is 36. The fourth-order valence-electron chi connectivity index (χ4n) is 17.4. The summed E-state index contributed by atoms with van der Waals surface area (Å²) in [6, 6.07) is -4.43. The second kappa shape index (κ2) is 68.5. The molecule has 0 aromatic heterocycles. The molecular formula is C93H168N2O39P2. The predicted molar refractivity (Wildman–Crippen MR) is 490 cm³/mol. The monoisotopic (exact) mass is 2000 g/mol. The molecule has 4 aliphatic heterocycles. The first-order valence-corrected chi connectivity index (χ1v) is 53.4. The quantitative estimate of drug-likeness (QED) is 0.0117. The number of aliphatic carboxylic acids is 2. The number of carboxylic acid groups (broad SMARTS) is 2. The maximum Gasteiger partial charge on any atom is 0.472 e. The van der Waals surface area contributed by atoms with E-state index in [4.69, 9.17) is 61.2 Å². The van der Waals surface area contributed by atoms with Crippen LogP contribution in [0.5, 0.6) is 0 Å². The minimum Gasteiger partial charge on any atom is -0.477 e. The van der Waals surface area contributed by atoms with Crippen molar-refractivity contribution < 1.29 is 189 Å². The molecule has 4 rings (SSSR count). The maximum absolute atomic E-state index is 15.4. The molecule has 43 heteroatoms. The zero-order valence-electron chi connectivity index (χ0n) is 80.9. The fourth-order valence-corrected chi connectivity index (χ4v) is 18.4. The molecule has 4 saturated heterocycles. The van der Waals surface area contributed by atoms with Crippen molar-refractivity contribution in [3.63, 3.8) is 0 Å². The van der Waals surface area contributed by atoms with E-state index in [-0.39, 0.29) is 32.1 Å². The minimum atomic E-state index is -6.17. The molecule has 0 aromatic rings. The Morgan fingerprint density at radius 1 is 0.412 bits per heavy atom. The van der Waals surface area contributed by atoms with Crippen molar-refractivity contribution in [2.75, 3.05) is 33.0 Å². The number of carbonyl (C=O) groups is 8. The largest absolute Gasteiger partial charge is 0.477 e. The van der Waals surface area contributed by atoms with Crippen LogP contribution in [-0.2, 0) is 109 Å². The Labute approximate surface area is 801 Å². The molecule has 136 heavy (non-hydrogen) atoms. The van der Waals surface area contributed by atoms with Gasteiger partial charge in [-0.15, -0.1) is 0 Å². The van der Waals surface area contributed by atoms with Crippen LogP contribution in [0.2, 0.25) is 0 Å². The first kappa shape index (κ1) is 124. The van der Waals surface area contributed by atoms with Crippen LogP contribution in [0.4, 0.5) is 0 Å². The van der Waals surface area contributed by atoms with E-state index in [1.807, 2.05) is 6.92 Å². The zero-order valence-corrected chi connectivity index (χ0v) is 82.7. The number of carbonyl (C=O) groups excluding carboxylic acids is 6. The summed E-state index contributed by atoms with van der Waals surface area (Å²) in [6.45, 7) is 4.22. The third-order valence-corrected chi connectivity index (χ3v) is 26.1. The Kier molecular flexibility index (Phi) is 62.3. The van der Waals surface area contributed by atoms with Gasteiger partial charge in [-0.1, -0.05) is 279 Å². The number of carboxylic acids is 2. The van der Waals surface area contributed by atoms with Crippen molar-refractivity contribution >= 4 is 63.3 Å². The van der Waals surface area contributed by atoms with Gasteiger partial charge in [0, 0.05) is 25.7 Å². The third-order valence-electron chi connectivity index (χ3n) is 25.1. The molecule has 0 spiro atoms. The van der Waals surface area contributed by atoms with E-state index in [2.05, 4.69) is 38.3 Å². The number of hydrogen-bond acceptors (Lipinski definition) is 33. The second-order valence-corrected chi connectivity index (χ2v) is 39.3. The molecule has 2 amide bonds. The van der Waals surface area contributed by atoms with Gasteiger partial charge in [0.2, 0.25) is 11.8 Å². The van der Waals surface area contributed by atoms with E-state index in [1.165, 1.54) is 0 Å². The third kappa shape index (κ3) is 48.1. The molecule has 0 bridgehead atoms. The number of amides is 2. The van der Waals surface area contributed by atoms with Crippen LogP contribution >= 0.6 is 15.6 Å². The summed E-state index contributed by atoms with van der Waals surface area (Å²) < 4.78 is 103. The Balaban J connectivity index is 2.02. The zero-order chi connectivity index (χ0) is 101. The van der Waals surface area contributed by atoms with Crippen molar-refractivity contribution in [2.45, 2.75) is 509 Å². The standard InChI is InChI=1S/C93H168N2O39P2/c1-6-11-16-21-26-30-34-38-43-48-64(99)55-77(108)129-86-78(94-72(103)54-63(98)47-42-37-33-29-24-19-14-9-4)89(134-136(119,120)121)126-70(82(86)111)61-123-88-79(95-73(104)56-65(49-44-39-35-31-27-22-17-12-7-2)125-75(106)51-46-41-36-32-28-23-18-13-8-3)87(128-76(107)52-53-122-74(105)50-45-40-25-20-15-10-5)85(133-135(116,117)118)71(127-88)62-124-92(90(112)113)58-69(81(110)84(131-92)68(102)60-97)130-93(91(114)115)57-66(100)80(109)83(132-93)67(101)59-96/h63-71,78-89,96-102,109-111H,6-62H2,1-5H3,(H,94,103)(H,95,104)(H,112,113)(H,114,115)(H2,116,117,118)(H2,119,120,121)/t63-,64+,65-,66-,67-,68-,69-,70-,71-,78-,79-,80-,81-,82-,83-,84-,85-,86-,87-,88-,89-,92-,93-/m1/s1. The van der Waals surface area contributed by atoms with Crippen molar-refractivity contribution in [1.29, 1.82) is 0 Å². The summed E-state index contributed by atoms with van der Waals surface area (Å²) in [5, 5.41) is 139. The highest BCUT2D eigenvalue weighted by atomic mass is 31.2. The van der Waals surface area contributed by atoms with Gasteiger partial charge >= 0.3 is 51.5 Å². The lowest BCUT2D eigenvalue weighted by Gasteiger charge is -2.50. The van der Waals surface area contributed by atoms with Gasteiger partial charge in [-0.25, -0.2) is 18.7 Å². The summed E-state index contributed by atoms with van der Waals surface area (Å²) in [6.07, 6.45) is -11.6. The van der Waals surface area contributed by atoms with Crippen molar-refractivity contribution in [1.82, 2.24) is 10.6 Å². The topological polar surface area (TPSA) is 638 Å². The van der Waals surface area contributed by atoms with E-state index >= 15 is 4.79 Å². The number of phosphoric ester groups is 2. The molecule has 794 valence electrons. The maximum atomic E-state index is 15.4. The summed E-state index contributed by atoms with van der Waals surface area (Å²) in [4.78, 5) is 157. The van der Waals surface area contributed by atoms with Gasteiger partial charge in [0.15, 0.2) is 24.8 Å². The Morgan fingerprint density at radius 2 is 0.816 bits per heavy atom. The van der Waals surface area contributed by atoms with E-state index in [1.54, 1.807) is 0 Å². The summed E-state index contributed by atoms with van der Waals surface area (Å²) >= 11 is 0. The first-order valence-electron chi connectivity index (χ1n) is 50.4. The molecule has 18 N–H and O–H groups in total. The number of ether oxygens (including phenoxy) is 11. The van der Waals surface area contributed by atoms with Gasteiger partial charge in [0.25, 0.3) is 11.6 Å². The highest BCUT2D eigenvalue weighted by molar-refractivity contribution is 7.46. The van der Waals surface area contributed by atoms with Crippen molar-refractivity contribution in [3.8, 4) is 0 Å². The van der Waals surface area contributed by atoms with Gasteiger partial charge in [-0.3, -0.25) is 37.8 Å². The first-order chi connectivity index (χ1) is 64.8. The number of rotatable bonds is 78. The SMILES string of the molecule is CCCCCCCCCCCC(=O)O[C@H](CCCCCCCCCCC)CC(=O)N[C@H]1[C@H](OC[C@H]2O[C@H](OP(=O)(O)O)[C@H](NC(=O)C[C@H](O)CCCCCCCCCC)[C@@H](OC(=O)C[C@@H](O)CCCCCCCCCCC)[C@@H]2O)O[C@H](CO[C@]2(C(=O)O)C[C@@H](O[C@]3(C(=O)O)C[C@@H](O)[C@@H](O)[C@@H]([C@H](O)CO)O3)[C@@H](O)[C@@H]([C@H](O)CO)O2)[C@@H](OP(=O)(O)O)[C@@H]1OC(=O)CCOC(=O)CCCCCCCC. The van der Waals surface area contributed by atoms with E-state index in [0.29, 0.717) is 64.2 Å². The van der Waals surface area contributed by atoms with Crippen molar-refractivity contribution in [3.05, 3.63) is 0 Å². The van der Waals surface area contributed by atoms with E-state index in [9.17, 15) is 124 Å². The van der Waals surface area contributed by atoms with Crippen LogP contribution in [0.3, 0.4) is 0 Å². The van der Waals surface area contributed by atoms with E-state index < -0.39 is 275 Å². The molecule has 0 radical (unpaired) electrons. The Hall–Kier alpha value is -4.70. The van der Waals surface area contributed by atoms with Crippen molar-refractivity contribution in [2.24, 2.45) is 0 Å². The second-order valence-electron chi connectivity index (χ2n) is 37.0. The van der Waals surface area contributed by atoms with Crippen LogP contribution in [0.15, 0.2) is 0 Å². The normalized spacial score (nSPS) is 26.6. The van der Waals surface area contributed by atoms with Crippen LogP contribution in [0.1, 0.15) is 369 Å². The average molecular weight is 2000 g/mol. The van der Waals surface area contributed by atoms with E-state index in [0.717, 1.165) is 199 Å². The van der Waals surface area contributed by atoms with Crippen LogP contribution in [0, 0.1) is 0 Å². The van der Waals surface area contributed by atoms with Gasteiger partial charge < -0.3 is 144 Å². The molecule has 23 atom stereocenters. The number of esters is 4. The number of hydrogen-bond donors (Lipinski definition) is 18. The van der Waals surface area contributed by atoms with Crippen LogP contribution < -0.4 is 10.6 Å². The lowest BCUT2D eigenvalue weighted by Crippen LogP contribution is -2.69. The highest BCUT2D eigenvalue weighted by Crippen LogP contribution is 2.46. The highest BCUT2D eigenvalue weighted by Gasteiger charge is 2.63. The molecule has 0 aromatic carbocycles. The molecule has 4 aliphatic rings. The molecular weight excluding hydrogens is 1830 g/mol. The number of aliphatic hydroxyl groups is 10. The Morgan fingerprint density at radius 3 is 1.28 bits per heavy atom. The van der Waals surface area contributed by atoms with Gasteiger partial charge in [-0.2, -0.15) is 0 Å². The lowest BCUT2D eigenvalue weighted by molar-refractivity contribution is -0.378. The average Bonchev–Trinajstić information content (AvgIpc) is 0.749. The number of aliphatic hydroxyl groups excluding tert-OH is 10. The fraction of sp³-hybridized carbons (Fsp3) is 0.914. The lowest BCUT2D eigenvalue weighted by atomic mass is 9.90.